The minimum atomic E-state index is 0.0236. The van der Waals surface area contributed by atoms with Gasteiger partial charge in [-0.1, -0.05) is 0 Å². The Morgan fingerprint density at radius 3 is 2.73 bits per heavy atom. The fraction of sp³-hybridized carbons (Fsp3) is 0. The molecule has 0 bridgehead atoms. The Morgan fingerprint density at radius 2 is 2.00 bits per heavy atom. The number of phenolic OH excluding ortho intramolecular Hbond substituents is 1. The van der Waals surface area contributed by atoms with Crippen molar-refractivity contribution in [2.45, 2.75) is 0 Å². The molecule has 0 saturated heterocycles. The summed E-state index contributed by atoms with van der Waals surface area (Å²) in [5.74, 6) is 0.0236. The van der Waals surface area contributed by atoms with Crippen molar-refractivity contribution in [3.63, 3.8) is 0 Å². The van der Waals surface area contributed by atoms with Crippen LogP contribution in [0.4, 0.5) is 5.69 Å². The van der Waals surface area contributed by atoms with Crippen molar-refractivity contribution >= 4 is 16.7 Å². The van der Waals surface area contributed by atoms with E-state index in [1.807, 2.05) is 0 Å². The maximum Gasteiger partial charge on any atom is 0.178 e. The number of hydrogen-bond donors (Lipinski definition) is 2. The third-order valence-electron chi connectivity index (χ3n) is 1.43. The molecule has 0 spiro atoms. The molecule has 1 aromatic heterocycles. The lowest BCUT2D eigenvalue weighted by atomic mass is 10.2. The van der Waals surface area contributed by atoms with Crippen molar-refractivity contribution in [1.29, 1.82) is 0 Å². The van der Waals surface area contributed by atoms with E-state index in [9.17, 15) is 0 Å². The van der Waals surface area contributed by atoms with E-state index in [0.29, 0.717) is 16.7 Å². The van der Waals surface area contributed by atoms with E-state index in [2.05, 4.69) is 14.9 Å². The largest absolute Gasteiger partial charge is 0.505 e. The van der Waals surface area contributed by atoms with E-state index in [1.54, 1.807) is 6.07 Å². The summed E-state index contributed by atoms with van der Waals surface area (Å²) in [7, 11) is 0. The minimum Gasteiger partial charge on any atom is -0.505 e. The highest BCUT2D eigenvalue weighted by Crippen LogP contribution is 2.25. The summed E-state index contributed by atoms with van der Waals surface area (Å²) in [6, 6.07) is 2.99. The van der Waals surface area contributed by atoms with Crippen LogP contribution >= 0.6 is 0 Å². The molecule has 0 saturated carbocycles. The van der Waals surface area contributed by atoms with Crippen molar-refractivity contribution in [3.8, 4) is 5.75 Å². The van der Waals surface area contributed by atoms with Gasteiger partial charge in [0.15, 0.2) is 11.0 Å². The van der Waals surface area contributed by atoms with Crippen LogP contribution in [0.5, 0.6) is 5.75 Å². The normalized spacial score (nSPS) is 10.5. The number of nitrogens with two attached hydrogens (primary N) is 1. The van der Waals surface area contributed by atoms with Crippen LogP contribution in [0.25, 0.3) is 11.0 Å². The molecule has 56 valence electrons. The zero-order valence-electron chi connectivity index (χ0n) is 5.48. The van der Waals surface area contributed by atoms with Gasteiger partial charge >= 0.3 is 0 Å². The number of phenols is 1. The van der Waals surface area contributed by atoms with Gasteiger partial charge < -0.3 is 10.8 Å². The van der Waals surface area contributed by atoms with E-state index in [-0.39, 0.29) is 5.75 Å². The molecular formula is C6H5N3O2. The molecular weight excluding hydrogens is 146 g/mol. The molecule has 11 heavy (non-hydrogen) atoms. The SMILES string of the molecule is Nc1ccc(O)c2nonc12. The summed E-state index contributed by atoms with van der Waals surface area (Å²) in [5, 5.41) is 16.1. The molecule has 2 rings (SSSR count). The van der Waals surface area contributed by atoms with Gasteiger partial charge in [0.25, 0.3) is 0 Å². The van der Waals surface area contributed by atoms with Crippen molar-refractivity contribution < 1.29 is 9.74 Å². The van der Waals surface area contributed by atoms with Crippen molar-refractivity contribution in [3.05, 3.63) is 12.1 Å². The highest BCUT2D eigenvalue weighted by Gasteiger charge is 2.07. The first-order chi connectivity index (χ1) is 5.29. The van der Waals surface area contributed by atoms with Crippen molar-refractivity contribution in [1.82, 2.24) is 10.3 Å². The second kappa shape index (κ2) is 1.85. The van der Waals surface area contributed by atoms with Gasteiger partial charge in [-0.2, -0.15) is 0 Å². The third-order valence-corrected chi connectivity index (χ3v) is 1.43. The number of nitrogen functional groups attached to an aromatic ring is 1. The van der Waals surface area contributed by atoms with E-state index in [1.165, 1.54) is 6.07 Å². The quantitative estimate of drug-likeness (QED) is 0.423. The smallest absolute Gasteiger partial charge is 0.178 e. The molecule has 2 aromatic rings. The molecule has 1 heterocycles. The summed E-state index contributed by atoms with van der Waals surface area (Å²) in [5.41, 5.74) is 6.63. The molecule has 5 heteroatoms. The first-order valence-electron chi connectivity index (χ1n) is 2.99. The standard InChI is InChI=1S/C6H5N3O2/c7-3-1-2-4(10)6-5(3)8-11-9-6/h1-2,10H,7H2. The topological polar surface area (TPSA) is 85.2 Å². The fourth-order valence-electron chi connectivity index (χ4n) is 0.873. The van der Waals surface area contributed by atoms with Gasteiger partial charge in [0.2, 0.25) is 0 Å². The summed E-state index contributed by atoms with van der Waals surface area (Å²) in [6.45, 7) is 0. The van der Waals surface area contributed by atoms with Crippen LogP contribution < -0.4 is 5.73 Å². The fourth-order valence-corrected chi connectivity index (χ4v) is 0.873. The predicted octanol–water partition coefficient (Wildman–Crippen LogP) is 0.511. The average molecular weight is 151 g/mol. The maximum absolute atomic E-state index is 9.17. The lowest BCUT2D eigenvalue weighted by molar-refractivity contribution is 0.314. The van der Waals surface area contributed by atoms with Crippen LogP contribution in [0.3, 0.4) is 0 Å². The zero-order chi connectivity index (χ0) is 7.84. The molecule has 5 nitrogen and oxygen atoms in total. The molecule has 0 radical (unpaired) electrons. The number of benzene rings is 1. The summed E-state index contributed by atoms with van der Waals surface area (Å²) in [4.78, 5) is 0. The number of anilines is 1. The number of aromatic nitrogens is 2. The Morgan fingerprint density at radius 1 is 1.27 bits per heavy atom. The minimum absolute atomic E-state index is 0.0236. The van der Waals surface area contributed by atoms with Crippen LogP contribution in [0.2, 0.25) is 0 Å². The first-order valence-corrected chi connectivity index (χ1v) is 2.99. The Labute approximate surface area is 61.4 Å². The van der Waals surface area contributed by atoms with E-state index < -0.39 is 0 Å². The number of hydrogen-bond acceptors (Lipinski definition) is 5. The summed E-state index contributed by atoms with van der Waals surface area (Å²) in [6.07, 6.45) is 0. The molecule has 0 fully saturated rings. The Balaban J connectivity index is 2.96. The van der Waals surface area contributed by atoms with Crippen LogP contribution in [-0.4, -0.2) is 15.4 Å². The molecule has 0 amide bonds. The Kier molecular flexibility index (Phi) is 1.00. The number of fused-ring (bicyclic) bond motifs is 1. The molecule has 3 N–H and O–H groups in total. The maximum atomic E-state index is 9.17. The highest BCUT2D eigenvalue weighted by molar-refractivity contribution is 5.89. The second-order valence-electron chi connectivity index (χ2n) is 2.14. The van der Waals surface area contributed by atoms with Gasteiger partial charge in [0.1, 0.15) is 5.75 Å². The van der Waals surface area contributed by atoms with Crippen molar-refractivity contribution in [2.75, 3.05) is 5.73 Å². The van der Waals surface area contributed by atoms with Gasteiger partial charge in [-0.15, -0.1) is 0 Å². The van der Waals surface area contributed by atoms with E-state index >= 15 is 0 Å². The molecule has 0 atom stereocenters. The van der Waals surface area contributed by atoms with Crippen molar-refractivity contribution in [2.24, 2.45) is 0 Å². The van der Waals surface area contributed by atoms with Gasteiger partial charge in [-0.3, -0.25) is 0 Å². The second-order valence-corrected chi connectivity index (χ2v) is 2.14. The number of rotatable bonds is 0. The van der Waals surface area contributed by atoms with Gasteiger partial charge in [0.05, 0.1) is 5.69 Å². The van der Waals surface area contributed by atoms with Gasteiger partial charge in [-0.25, -0.2) is 4.63 Å². The molecule has 0 unspecified atom stereocenters. The zero-order valence-corrected chi connectivity index (χ0v) is 5.48. The Bertz CT molecular complexity index is 360. The third kappa shape index (κ3) is 0.706. The average Bonchev–Trinajstić information content (AvgIpc) is 2.45. The van der Waals surface area contributed by atoms with Crippen LogP contribution in [-0.2, 0) is 0 Å². The molecule has 0 aliphatic heterocycles. The molecule has 0 aliphatic carbocycles. The summed E-state index contributed by atoms with van der Waals surface area (Å²) >= 11 is 0. The first kappa shape index (κ1) is 5.96. The van der Waals surface area contributed by atoms with Gasteiger partial charge in [0, 0.05) is 0 Å². The lowest BCUT2D eigenvalue weighted by Gasteiger charge is -1.92. The highest BCUT2D eigenvalue weighted by atomic mass is 16.6. The predicted molar refractivity (Wildman–Crippen MR) is 37.9 cm³/mol. The number of nitrogens with zero attached hydrogens (tertiary/aromatic N) is 2. The molecule has 1 aromatic carbocycles. The monoisotopic (exact) mass is 151 g/mol. The van der Waals surface area contributed by atoms with E-state index in [4.69, 9.17) is 10.8 Å². The van der Waals surface area contributed by atoms with Crippen LogP contribution in [0, 0.1) is 0 Å². The van der Waals surface area contributed by atoms with Crippen LogP contribution in [0.15, 0.2) is 16.8 Å². The summed E-state index contributed by atoms with van der Waals surface area (Å²) < 4.78 is 4.39. The Hall–Kier alpha value is -1.78. The van der Waals surface area contributed by atoms with Crippen LogP contribution in [0.1, 0.15) is 0 Å². The van der Waals surface area contributed by atoms with E-state index in [0.717, 1.165) is 0 Å². The van der Waals surface area contributed by atoms with Gasteiger partial charge in [-0.05, 0) is 22.4 Å². The lowest BCUT2D eigenvalue weighted by Crippen LogP contribution is -1.85. The molecule has 0 aliphatic rings. The number of aromatic hydroxyl groups is 1.